The van der Waals surface area contributed by atoms with E-state index in [1.54, 1.807) is 0 Å². The number of benzene rings is 1. The predicted molar refractivity (Wildman–Crippen MR) is 84.7 cm³/mol. The molecule has 3 rings (SSSR count). The van der Waals surface area contributed by atoms with Crippen molar-refractivity contribution in [2.75, 3.05) is 13.1 Å². The van der Waals surface area contributed by atoms with Crippen LogP contribution in [0.25, 0.3) is 0 Å². The van der Waals surface area contributed by atoms with Crippen LogP contribution in [-0.4, -0.2) is 30.1 Å². The van der Waals surface area contributed by atoms with Crippen LogP contribution in [0.5, 0.6) is 0 Å². The van der Waals surface area contributed by atoms with Gasteiger partial charge in [0, 0.05) is 25.2 Å². The summed E-state index contributed by atoms with van der Waals surface area (Å²) in [4.78, 5) is 2.68. The maximum absolute atomic E-state index is 6.31. The number of hydrogen-bond acceptors (Lipinski definition) is 2. The molecule has 0 spiro atoms. The molecule has 1 heterocycles. The van der Waals surface area contributed by atoms with Crippen molar-refractivity contribution >= 4 is 0 Å². The summed E-state index contributed by atoms with van der Waals surface area (Å²) in [5.41, 5.74) is 9.13. The molecule has 1 saturated carbocycles. The number of likely N-dealkylation sites (tertiary alicyclic amines) is 1. The Morgan fingerprint density at radius 2 is 1.90 bits per heavy atom. The molecule has 0 bridgehead atoms. The van der Waals surface area contributed by atoms with Crippen molar-refractivity contribution in [2.24, 2.45) is 17.6 Å². The topological polar surface area (TPSA) is 29.3 Å². The number of nitrogens with two attached hydrogens (primary N) is 1. The molecule has 1 aromatic carbocycles. The molecular formula is C18H28N2. The fourth-order valence-electron chi connectivity index (χ4n) is 3.95. The zero-order valence-electron chi connectivity index (χ0n) is 12.9. The lowest BCUT2D eigenvalue weighted by Gasteiger charge is -2.48. The molecule has 2 heteroatoms. The molecule has 4 atom stereocenters. The lowest BCUT2D eigenvalue weighted by atomic mass is 9.77. The first kappa shape index (κ1) is 14.1. The standard InChI is InChI=1S/C18H28N2/c1-13-3-6-15(7-4-13)9-16-10-17(19)12-20(11-16)18-8-5-14(18)2/h3-4,6-7,14,16-18H,5,8-12,19H2,1-2H3. The summed E-state index contributed by atoms with van der Waals surface area (Å²) in [6, 6.07) is 10.2. The molecule has 2 aliphatic rings. The lowest BCUT2D eigenvalue weighted by Crippen LogP contribution is -2.55. The first-order chi connectivity index (χ1) is 9.61. The van der Waals surface area contributed by atoms with Gasteiger partial charge in [-0.3, -0.25) is 4.90 Å². The van der Waals surface area contributed by atoms with Gasteiger partial charge < -0.3 is 5.73 Å². The van der Waals surface area contributed by atoms with Crippen LogP contribution in [0.1, 0.15) is 37.3 Å². The number of hydrogen-bond donors (Lipinski definition) is 1. The van der Waals surface area contributed by atoms with E-state index in [1.807, 2.05) is 0 Å². The molecule has 2 N–H and O–H groups in total. The highest BCUT2D eigenvalue weighted by Crippen LogP contribution is 2.34. The summed E-state index contributed by atoms with van der Waals surface area (Å²) in [7, 11) is 0. The molecule has 1 aromatic rings. The van der Waals surface area contributed by atoms with Crippen LogP contribution in [0.2, 0.25) is 0 Å². The average Bonchev–Trinajstić information content (AvgIpc) is 2.39. The van der Waals surface area contributed by atoms with Crippen LogP contribution in [0.4, 0.5) is 0 Å². The molecule has 0 amide bonds. The van der Waals surface area contributed by atoms with E-state index in [-0.39, 0.29) is 0 Å². The molecule has 1 saturated heterocycles. The second-order valence-corrected chi connectivity index (χ2v) is 7.13. The minimum absolute atomic E-state index is 0.368. The fourth-order valence-corrected chi connectivity index (χ4v) is 3.95. The number of piperidine rings is 1. The quantitative estimate of drug-likeness (QED) is 0.916. The molecule has 0 radical (unpaired) electrons. The van der Waals surface area contributed by atoms with Crippen molar-refractivity contribution in [3.05, 3.63) is 35.4 Å². The SMILES string of the molecule is Cc1ccc(CC2CC(N)CN(C3CCC3C)C2)cc1. The van der Waals surface area contributed by atoms with E-state index < -0.39 is 0 Å². The van der Waals surface area contributed by atoms with Crippen molar-refractivity contribution in [3.63, 3.8) is 0 Å². The van der Waals surface area contributed by atoms with Gasteiger partial charge in [0.15, 0.2) is 0 Å². The summed E-state index contributed by atoms with van der Waals surface area (Å²) in [5.74, 6) is 1.61. The summed E-state index contributed by atoms with van der Waals surface area (Å²) in [6.45, 7) is 6.90. The monoisotopic (exact) mass is 272 g/mol. The van der Waals surface area contributed by atoms with Gasteiger partial charge in [-0.2, -0.15) is 0 Å². The summed E-state index contributed by atoms with van der Waals surface area (Å²) in [5, 5.41) is 0. The van der Waals surface area contributed by atoms with Crippen LogP contribution in [0, 0.1) is 18.8 Å². The molecule has 2 fully saturated rings. The Morgan fingerprint density at radius 3 is 2.50 bits per heavy atom. The van der Waals surface area contributed by atoms with E-state index in [1.165, 1.54) is 43.4 Å². The highest BCUT2D eigenvalue weighted by molar-refractivity contribution is 5.21. The molecular weight excluding hydrogens is 244 g/mol. The van der Waals surface area contributed by atoms with Crippen molar-refractivity contribution in [1.82, 2.24) is 4.90 Å². The first-order valence-corrected chi connectivity index (χ1v) is 8.17. The van der Waals surface area contributed by atoms with E-state index in [0.29, 0.717) is 6.04 Å². The van der Waals surface area contributed by atoms with E-state index in [4.69, 9.17) is 5.73 Å². The van der Waals surface area contributed by atoms with Gasteiger partial charge in [0.1, 0.15) is 0 Å². The summed E-state index contributed by atoms with van der Waals surface area (Å²) < 4.78 is 0. The first-order valence-electron chi connectivity index (χ1n) is 8.17. The summed E-state index contributed by atoms with van der Waals surface area (Å²) in [6.07, 6.45) is 5.15. The minimum Gasteiger partial charge on any atom is -0.327 e. The van der Waals surface area contributed by atoms with Crippen molar-refractivity contribution in [3.8, 4) is 0 Å². The van der Waals surface area contributed by atoms with Crippen LogP contribution in [0.3, 0.4) is 0 Å². The van der Waals surface area contributed by atoms with Gasteiger partial charge >= 0.3 is 0 Å². The van der Waals surface area contributed by atoms with E-state index in [9.17, 15) is 0 Å². The zero-order valence-corrected chi connectivity index (χ0v) is 12.9. The molecule has 2 nitrogen and oxygen atoms in total. The molecule has 20 heavy (non-hydrogen) atoms. The van der Waals surface area contributed by atoms with Gasteiger partial charge in [-0.15, -0.1) is 0 Å². The predicted octanol–water partition coefficient (Wildman–Crippen LogP) is 2.99. The normalized spacial score (nSPS) is 34.8. The Morgan fingerprint density at radius 1 is 1.15 bits per heavy atom. The van der Waals surface area contributed by atoms with E-state index in [2.05, 4.69) is 43.0 Å². The Bertz CT molecular complexity index is 439. The third kappa shape index (κ3) is 3.07. The Hall–Kier alpha value is -0.860. The second-order valence-electron chi connectivity index (χ2n) is 7.13. The van der Waals surface area contributed by atoms with Gasteiger partial charge in [0.2, 0.25) is 0 Å². The number of rotatable bonds is 3. The Balaban J connectivity index is 1.62. The Kier molecular flexibility index (Phi) is 4.13. The van der Waals surface area contributed by atoms with Crippen LogP contribution >= 0.6 is 0 Å². The van der Waals surface area contributed by atoms with E-state index >= 15 is 0 Å². The van der Waals surface area contributed by atoms with E-state index in [0.717, 1.165) is 24.4 Å². The minimum atomic E-state index is 0.368. The third-order valence-corrected chi connectivity index (χ3v) is 5.29. The maximum Gasteiger partial charge on any atom is 0.0171 e. The van der Waals surface area contributed by atoms with Gasteiger partial charge in [0.25, 0.3) is 0 Å². The van der Waals surface area contributed by atoms with Crippen LogP contribution < -0.4 is 5.73 Å². The largest absolute Gasteiger partial charge is 0.327 e. The van der Waals surface area contributed by atoms with Gasteiger partial charge in [-0.05, 0) is 50.0 Å². The highest BCUT2D eigenvalue weighted by Gasteiger charge is 2.36. The van der Waals surface area contributed by atoms with Crippen LogP contribution in [0.15, 0.2) is 24.3 Å². The van der Waals surface area contributed by atoms with Crippen molar-refractivity contribution in [2.45, 2.75) is 51.6 Å². The maximum atomic E-state index is 6.31. The zero-order chi connectivity index (χ0) is 14.1. The Labute approximate surface area is 123 Å². The number of nitrogens with zero attached hydrogens (tertiary/aromatic N) is 1. The van der Waals surface area contributed by atoms with Crippen LogP contribution in [-0.2, 0) is 6.42 Å². The molecule has 110 valence electrons. The third-order valence-electron chi connectivity index (χ3n) is 5.29. The van der Waals surface area contributed by atoms with Gasteiger partial charge in [-0.25, -0.2) is 0 Å². The smallest absolute Gasteiger partial charge is 0.0171 e. The number of aryl methyl sites for hydroxylation is 1. The van der Waals surface area contributed by atoms with Crippen molar-refractivity contribution < 1.29 is 0 Å². The summed E-state index contributed by atoms with van der Waals surface area (Å²) >= 11 is 0. The molecule has 0 aromatic heterocycles. The molecule has 1 aliphatic heterocycles. The molecule has 4 unspecified atom stereocenters. The highest BCUT2D eigenvalue weighted by atomic mass is 15.2. The lowest BCUT2D eigenvalue weighted by molar-refractivity contribution is 0.0288. The molecule has 1 aliphatic carbocycles. The van der Waals surface area contributed by atoms with Gasteiger partial charge in [0.05, 0.1) is 0 Å². The van der Waals surface area contributed by atoms with Gasteiger partial charge in [-0.1, -0.05) is 36.8 Å². The van der Waals surface area contributed by atoms with Crippen molar-refractivity contribution in [1.29, 1.82) is 0 Å². The fraction of sp³-hybridized carbons (Fsp3) is 0.667. The average molecular weight is 272 g/mol. The second kappa shape index (κ2) is 5.87.